The fourth-order valence-corrected chi connectivity index (χ4v) is 1.31. The van der Waals surface area contributed by atoms with Gasteiger partial charge in [-0.3, -0.25) is 14.4 Å². The van der Waals surface area contributed by atoms with E-state index in [1.165, 1.54) is 4.90 Å². The van der Waals surface area contributed by atoms with Crippen LogP contribution in [-0.4, -0.2) is 41.8 Å². The third-order valence-electron chi connectivity index (χ3n) is 2.02. The average Bonchev–Trinajstić information content (AvgIpc) is 2.08. The molecular formula is C8H13N3O3. The molecule has 1 unspecified atom stereocenters. The quantitative estimate of drug-likeness (QED) is 0.562. The van der Waals surface area contributed by atoms with Gasteiger partial charge in [-0.15, -0.1) is 0 Å². The van der Waals surface area contributed by atoms with Gasteiger partial charge in [0.1, 0.15) is 6.04 Å². The van der Waals surface area contributed by atoms with Crippen LogP contribution in [0.2, 0.25) is 0 Å². The lowest BCUT2D eigenvalue weighted by molar-refractivity contribution is -0.144. The molecule has 0 saturated carbocycles. The first kappa shape index (κ1) is 10.5. The summed E-state index contributed by atoms with van der Waals surface area (Å²) in [4.78, 5) is 34.3. The Bertz CT molecular complexity index is 277. The lowest BCUT2D eigenvalue weighted by atomic mass is 10.2. The summed E-state index contributed by atoms with van der Waals surface area (Å²) in [5, 5.41) is 2.50. The Morgan fingerprint density at radius 2 is 2.29 bits per heavy atom. The topological polar surface area (TPSA) is 92.5 Å². The SMILES string of the molecule is CC1NC(=O)CN(CCC(N)=O)C1=O. The molecule has 1 saturated heterocycles. The molecule has 14 heavy (non-hydrogen) atoms. The van der Waals surface area contributed by atoms with Crippen LogP contribution in [-0.2, 0) is 14.4 Å². The highest BCUT2D eigenvalue weighted by Gasteiger charge is 2.28. The number of nitrogens with zero attached hydrogens (tertiary/aromatic N) is 1. The number of nitrogens with one attached hydrogen (secondary N) is 1. The minimum Gasteiger partial charge on any atom is -0.370 e. The van der Waals surface area contributed by atoms with Crippen molar-refractivity contribution in [1.29, 1.82) is 0 Å². The minimum absolute atomic E-state index is 0.0104. The predicted molar refractivity (Wildman–Crippen MR) is 48.0 cm³/mol. The van der Waals surface area contributed by atoms with Crippen molar-refractivity contribution in [2.45, 2.75) is 19.4 Å². The zero-order chi connectivity index (χ0) is 10.7. The molecule has 0 spiro atoms. The number of nitrogens with two attached hydrogens (primary N) is 1. The fraction of sp³-hybridized carbons (Fsp3) is 0.625. The molecule has 78 valence electrons. The zero-order valence-electron chi connectivity index (χ0n) is 7.95. The van der Waals surface area contributed by atoms with E-state index in [2.05, 4.69) is 5.32 Å². The monoisotopic (exact) mass is 199 g/mol. The molecule has 6 nitrogen and oxygen atoms in total. The zero-order valence-corrected chi connectivity index (χ0v) is 7.95. The summed E-state index contributed by atoms with van der Waals surface area (Å²) in [6.45, 7) is 1.83. The van der Waals surface area contributed by atoms with Gasteiger partial charge in [0.2, 0.25) is 17.7 Å². The van der Waals surface area contributed by atoms with Crippen molar-refractivity contribution in [1.82, 2.24) is 10.2 Å². The summed E-state index contributed by atoms with van der Waals surface area (Å²) >= 11 is 0. The van der Waals surface area contributed by atoms with Crippen LogP contribution in [0.3, 0.4) is 0 Å². The van der Waals surface area contributed by atoms with Gasteiger partial charge < -0.3 is 16.0 Å². The Hall–Kier alpha value is -1.59. The Balaban J connectivity index is 2.53. The minimum atomic E-state index is -0.510. The van der Waals surface area contributed by atoms with Gasteiger partial charge in [-0.25, -0.2) is 0 Å². The molecular weight excluding hydrogens is 186 g/mol. The molecule has 0 aromatic heterocycles. The average molecular weight is 199 g/mol. The maximum Gasteiger partial charge on any atom is 0.245 e. The summed E-state index contributed by atoms with van der Waals surface area (Å²) < 4.78 is 0. The largest absolute Gasteiger partial charge is 0.370 e. The first-order valence-corrected chi connectivity index (χ1v) is 4.37. The van der Waals surface area contributed by atoms with Crippen molar-refractivity contribution in [3.63, 3.8) is 0 Å². The maximum absolute atomic E-state index is 11.4. The van der Waals surface area contributed by atoms with Crippen molar-refractivity contribution in [2.75, 3.05) is 13.1 Å². The van der Waals surface area contributed by atoms with Crippen molar-refractivity contribution in [2.24, 2.45) is 5.73 Å². The van der Waals surface area contributed by atoms with E-state index in [0.717, 1.165) is 0 Å². The second kappa shape index (κ2) is 4.08. The molecule has 6 heteroatoms. The third kappa shape index (κ3) is 2.45. The second-order valence-corrected chi connectivity index (χ2v) is 3.27. The van der Waals surface area contributed by atoms with Gasteiger partial charge in [0.25, 0.3) is 0 Å². The third-order valence-corrected chi connectivity index (χ3v) is 2.02. The van der Waals surface area contributed by atoms with Gasteiger partial charge in [0.15, 0.2) is 0 Å². The smallest absolute Gasteiger partial charge is 0.245 e. The summed E-state index contributed by atoms with van der Waals surface area (Å²) in [5.41, 5.74) is 4.95. The molecule has 1 atom stereocenters. The lowest BCUT2D eigenvalue weighted by Gasteiger charge is -2.30. The molecule has 1 rings (SSSR count). The number of carbonyl (C=O) groups is 3. The van der Waals surface area contributed by atoms with Crippen molar-refractivity contribution in [3.05, 3.63) is 0 Å². The van der Waals surface area contributed by atoms with E-state index in [0.29, 0.717) is 0 Å². The van der Waals surface area contributed by atoms with Crippen LogP contribution >= 0.6 is 0 Å². The Kier molecular flexibility index (Phi) is 3.06. The molecule has 0 radical (unpaired) electrons. The van der Waals surface area contributed by atoms with Crippen LogP contribution < -0.4 is 11.1 Å². The van der Waals surface area contributed by atoms with Gasteiger partial charge >= 0.3 is 0 Å². The number of hydrogen-bond donors (Lipinski definition) is 2. The van der Waals surface area contributed by atoms with Crippen LogP contribution in [0, 0.1) is 0 Å². The maximum atomic E-state index is 11.4. The molecule has 0 aliphatic carbocycles. The highest BCUT2D eigenvalue weighted by Crippen LogP contribution is 2.02. The number of piperazine rings is 1. The van der Waals surface area contributed by atoms with Crippen molar-refractivity contribution >= 4 is 17.7 Å². The predicted octanol–water partition coefficient (Wildman–Crippen LogP) is -1.79. The van der Waals surface area contributed by atoms with Crippen molar-refractivity contribution in [3.8, 4) is 0 Å². The van der Waals surface area contributed by atoms with Gasteiger partial charge in [-0.05, 0) is 6.92 Å². The normalized spacial score (nSPS) is 22.1. The second-order valence-electron chi connectivity index (χ2n) is 3.27. The first-order chi connectivity index (χ1) is 6.50. The van der Waals surface area contributed by atoms with Crippen LogP contribution in [0.5, 0.6) is 0 Å². The Morgan fingerprint density at radius 1 is 1.64 bits per heavy atom. The summed E-state index contributed by atoms with van der Waals surface area (Å²) in [6.07, 6.45) is 0.0890. The van der Waals surface area contributed by atoms with Crippen LogP contribution in [0.15, 0.2) is 0 Å². The summed E-state index contributed by atoms with van der Waals surface area (Å²) in [6, 6.07) is -0.510. The van der Waals surface area contributed by atoms with Gasteiger partial charge in [0, 0.05) is 13.0 Å². The van der Waals surface area contributed by atoms with Gasteiger partial charge in [-0.1, -0.05) is 0 Å². The molecule has 1 aliphatic heterocycles. The van der Waals surface area contributed by atoms with Crippen LogP contribution in [0.1, 0.15) is 13.3 Å². The number of rotatable bonds is 3. The molecule has 0 aromatic rings. The highest BCUT2D eigenvalue weighted by atomic mass is 16.2. The van der Waals surface area contributed by atoms with E-state index < -0.39 is 11.9 Å². The molecule has 1 heterocycles. The lowest BCUT2D eigenvalue weighted by Crippen LogP contribution is -2.57. The van der Waals surface area contributed by atoms with E-state index in [1.54, 1.807) is 6.92 Å². The molecule has 1 fully saturated rings. The Labute approximate surface area is 81.4 Å². The molecule has 1 aliphatic rings. The standard InChI is InChI=1S/C8H13N3O3/c1-5-8(14)11(3-2-6(9)12)4-7(13)10-5/h5H,2-4H2,1H3,(H2,9,12)(H,10,13). The van der Waals surface area contributed by atoms with Gasteiger partial charge in [0.05, 0.1) is 6.54 Å². The fourth-order valence-electron chi connectivity index (χ4n) is 1.31. The van der Waals surface area contributed by atoms with E-state index in [1.807, 2.05) is 0 Å². The number of hydrogen-bond acceptors (Lipinski definition) is 3. The summed E-state index contributed by atoms with van der Waals surface area (Å²) in [7, 11) is 0. The molecule has 3 N–H and O–H groups in total. The molecule has 0 bridgehead atoms. The van der Waals surface area contributed by atoms with E-state index in [-0.39, 0.29) is 31.3 Å². The molecule has 0 aromatic carbocycles. The van der Waals surface area contributed by atoms with Crippen LogP contribution in [0.25, 0.3) is 0 Å². The van der Waals surface area contributed by atoms with Crippen LogP contribution in [0.4, 0.5) is 0 Å². The first-order valence-electron chi connectivity index (χ1n) is 4.37. The number of carbonyl (C=O) groups excluding carboxylic acids is 3. The Morgan fingerprint density at radius 3 is 2.86 bits per heavy atom. The number of primary amides is 1. The summed E-state index contributed by atoms with van der Waals surface area (Å²) in [5.74, 6) is -0.858. The van der Waals surface area contributed by atoms with Crippen molar-refractivity contribution < 1.29 is 14.4 Å². The molecule has 3 amide bonds. The number of amides is 3. The van der Waals surface area contributed by atoms with E-state index in [9.17, 15) is 14.4 Å². The van der Waals surface area contributed by atoms with Gasteiger partial charge in [-0.2, -0.15) is 0 Å². The highest BCUT2D eigenvalue weighted by molar-refractivity contribution is 5.94. The van der Waals surface area contributed by atoms with E-state index >= 15 is 0 Å². The van der Waals surface area contributed by atoms with E-state index in [4.69, 9.17) is 5.73 Å².